The number of methoxy groups -OCH3 is 1. The highest BCUT2D eigenvalue weighted by Gasteiger charge is 2.22. The Morgan fingerprint density at radius 2 is 2.06 bits per heavy atom. The molecule has 0 aliphatic rings. The zero-order valence-corrected chi connectivity index (χ0v) is 10.00. The van der Waals surface area contributed by atoms with Gasteiger partial charge in [-0.25, -0.2) is 13.6 Å². The third kappa shape index (κ3) is 3.80. The number of rotatable bonds is 4. The van der Waals surface area contributed by atoms with Crippen LogP contribution in [0, 0.1) is 11.6 Å². The van der Waals surface area contributed by atoms with Gasteiger partial charge in [-0.05, 0) is 11.6 Å². The first kappa shape index (κ1) is 14.1. The number of hydrogen-bond acceptors (Lipinski definition) is 3. The quantitative estimate of drug-likeness (QED) is 0.824. The largest absolute Gasteiger partial charge is 0.467 e. The zero-order chi connectivity index (χ0) is 13.7. The minimum Gasteiger partial charge on any atom is -0.467 e. The molecular formula is C12H13F2NO3. The first-order chi connectivity index (χ1) is 8.43. The Balaban J connectivity index is 2.88. The summed E-state index contributed by atoms with van der Waals surface area (Å²) in [7, 11) is 1.16. The van der Waals surface area contributed by atoms with E-state index < -0.39 is 29.6 Å². The van der Waals surface area contributed by atoms with E-state index in [1.807, 2.05) is 0 Å². The van der Waals surface area contributed by atoms with Gasteiger partial charge in [-0.15, -0.1) is 0 Å². The molecule has 0 aliphatic carbocycles. The standard InChI is InChI=1S/C12H13F2NO3/c1-7(16)15-11(12(17)18-2)5-8-3-4-9(13)6-10(8)14/h3-4,6,11H,5H2,1-2H3,(H,15,16). The fourth-order valence-corrected chi connectivity index (χ4v) is 1.49. The van der Waals surface area contributed by atoms with Crippen molar-refractivity contribution >= 4 is 11.9 Å². The summed E-state index contributed by atoms with van der Waals surface area (Å²) in [6.07, 6.45) is -0.0988. The molecule has 0 heterocycles. The second-order valence-corrected chi connectivity index (χ2v) is 3.72. The molecule has 0 saturated heterocycles. The van der Waals surface area contributed by atoms with E-state index in [1.165, 1.54) is 13.0 Å². The molecule has 0 aliphatic heterocycles. The summed E-state index contributed by atoms with van der Waals surface area (Å²) in [5.74, 6) is -2.60. The lowest BCUT2D eigenvalue weighted by molar-refractivity contribution is -0.144. The third-order valence-corrected chi connectivity index (χ3v) is 2.30. The van der Waals surface area contributed by atoms with Crippen LogP contribution in [0.2, 0.25) is 0 Å². The molecule has 0 aromatic heterocycles. The molecule has 1 aromatic rings. The second kappa shape index (κ2) is 6.09. The Morgan fingerprint density at radius 1 is 1.39 bits per heavy atom. The number of amides is 1. The number of ether oxygens (including phenoxy) is 1. The number of carbonyl (C=O) groups is 2. The van der Waals surface area contributed by atoms with Crippen LogP contribution in [0.1, 0.15) is 12.5 Å². The molecule has 1 aromatic carbocycles. The predicted molar refractivity (Wildman–Crippen MR) is 59.7 cm³/mol. The minimum absolute atomic E-state index is 0.0988. The molecule has 0 radical (unpaired) electrons. The molecule has 1 rings (SSSR count). The average molecular weight is 257 g/mol. The normalized spacial score (nSPS) is 11.8. The Bertz CT molecular complexity index is 463. The smallest absolute Gasteiger partial charge is 0.328 e. The molecule has 1 N–H and O–H groups in total. The number of nitrogens with one attached hydrogen (secondary N) is 1. The summed E-state index contributed by atoms with van der Waals surface area (Å²) in [6.45, 7) is 1.23. The molecule has 0 saturated carbocycles. The highest BCUT2D eigenvalue weighted by molar-refractivity contribution is 5.83. The first-order valence-electron chi connectivity index (χ1n) is 5.23. The third-order valence-electron chi connectivity index (χ3n) is 2.30. The number of benzene rings is 1. The predicted octanol–water partition coefficient (Wildman–Crippen LogP) is 1.18. The zero-order valence-electron chi connectivity index (χ0n) is 10.00. The van der Waals surface area contributed by atoms with Crippen LogP contribution in [0.15, 0.2) is 18.2 Å². The van der Waals surface area contributed by atoms with Gasteiger partial charge in [0.1, 0.15) is 17.7 Å². The molecule has 6 heteroatoms. The van der Waals surface area contributed by atoms with Crippen molar-refractivity contribution in [3.8, 4) is 0 Å². The number of halogens is 2. The summed E-state index contributed by atoms with van der Waals surface area (Å²) in [5.41, 5.74) is 0.126. The number of esters is 1. The second-order valence-electron chi connectivity index (χ2n) is 3.72. The maximum Gasteiger partial charge on any atom is 0.328 e. The Morgan fingerprint density at radius 3 is 2.56 bits per heavy atom. The lowest BCUT2D eigenvalue weighted by Crippen LogP contribution is -2.42. The average Bonchev–Trinajstić information content (AvgIpc) is 2.30. The van der Waals surface area contributed by atoms with Crippen LogP contribution < -0.4 is 5.32 Å². The Kier molecular flexibility index (Phi) is 4.76. The van der Waals surface area contributed by atoms with Gasteiger partial charge in [0, 0.05) is 19.4 Å². The molecule has 4 nitrogen and oxygen atoms in total. The van der Waals surface area contributed by atoms with Crippen molar-refractivity contribution in [1.82, 2.24) is 5.32 Å². The fraction of sp³-hybridized carbons (Fsp3) is 0.333. The summed E-state index contributed by atoms with van der Waals surface area (Å²) in [6, 6.07) is 2.04. The maximum absolute atomic E-state index is 13.4. The fourth-order valence-electron chi connectivity index (χ4n) is 1.49. The van der Waals surface area contributed by atoms with Crippen molar-refractivity contribution in [1.29, 1.82) is 0 Å². The van der Waals surface area contributed by atoms with E-state index >= 15 is 0 Å². The highest BCUT2D eigenvalue weighted by Crippen LogP contribution is 2.12. The van der Waals surface area contributed by atoms with Crippen LogP contribution in [0.25, 0.3) is 0 Å². The van der Waals surface area contributed by atoms with Crippen molar-refractivity contribution in [3.05, 3.63) is 35.4 Å². The van der Waals surface area contributed by atoms with E-state index in [9.17, 15) is 18.4 Å². The lowest BCUT2D eigenvalue weighted by atomic mass is 10.1. The van der Waals surface area contributed by atoms with Crippen LogP contribution in [0.4, 0.5) is 8.78 Å². The Labute approximate surface area is 103 Å². The van der Waals surface area contributed by atoms with Gasteiger partial charge in [-0.2, -0.15) is 0 Å². The van der Waals surface area contributed by atoms with Crippen LogP contribution in [0.3, 0.4) is 0 Å². The molecular weight excluding hydrogens is 244 g/mol. The van der Waals surface area contributed by atoms with Crippen molar-refractivity contribution in [2.75, 3.05) is 7.11 Å². The van der Waals surface area contributed by atoms with Crippen molar-refractivity contribution in [3.63, 3.8) is 0 Å². The highest BCUT2D eigenvalue weighted by atomic mass is 19.1. The van der Waals surface area contributed by atoms with Gasteiger partial charge in [0.05, 0.1) is 7.11 Å². The van der Waals surface area contributed by atoms with Crippen LogP contribution in [0.5, 0.6) is 0 Å². The van der Waals surface area contributed by atoms with Gasteiger partial charge >= 0.3 is 5.97 Å². The monoisotopic (exact) mass is 257 g/mol. The van der Waals surface area contributed by atoms with Crippen molar-refractivity contribution in [2.45, 2.75) is 19.4 Å². The number of hydrogen-bond donors (Lipinski definition) is 1. The van der Waals surface area contributed by atoms with Crippen LogP contribution >= 0.6 is 0 Å². The minimum atomic E-state index is -0.993. The van der Waals surface area contributed by atoms with E-state index in [4.69, 9.17) is 0 Å². The number of carbonyl (C=O) groups excluding carboxylic acids is 2. The van der Waals surface area contributed by atoms with Gasteiger partial charge < -0.3 is 10.1 Å². The van der Waals surface area contributed by atoms with Gasteiger partial charge in [-0.3, -0.25) is 4.79 Å². The molecule has 1 amide bonds. The summed E-state index contributed by atoms with van der Waals surface area (Å²) < 4.78 is 30.6. The van der Waals surface area contributed by atoms with Gasteiger partial charge in [0.25, 0.3) is 0 Å². The summed E-state index contributed by atoms with van der Waals surface area (Å²) in [4.78, 5) is 22.3. The van der Waals surface area contributed by atoms with E-state index in [0.29, 0.717) is 0 Å². The molecule has 1 atom stereocenters. The van der Waals surface area contributed by atoms with Crippen LogP contribution in [-0.2, 0) is 20.7 Å². The van der Waals surface area contributed by atoms with E-state index in [-0.39, 0.29) is 12.0 Å². The molecule has 1 unspecified atom stereocenters. The molecule has 18 heavy (non-hydrogen) atoms. The molecule has 0 fully saturated rings. The van der Waals surface area contributed by atoms with E-state index in [1.54, 1.807) is 0 Å². The van der Waals surface area contributed by atoms with Crippen molar-refractivity contribution in [2.24, 2.45) is 0 Å². The maximum atomic E-state index is 13.4. The molecule has 0 spiro atoms. The molecule has 0 bridgehead atoms. The van der Waals surface area contributed by atoms with Gasteiger partial charge in [0.2, 0.25) is 5.91 Å². The topological polar surface area (TPSA) is 55.4 Å². The van der Waals surface area contributed by atoms with E-state index in [0.717, 1.165) is 19.2 Å². The SMILES string of the molecule is COC(=O)C(Cc1ccc(F)cc1F)NC(C)=O. The molecule has 98 valence electrons. The first-order valence-corrected chi connectivity index (χ1v) is 5.23. The van der Waals surface area contributed by atoms with Gasteiger partial charge in [0.15, 0.2) is 0 Å². The summed E-state index contributed by atoms with van der Waals surface area (Å²) >= 11 is 0. The summed E-state index contributed by atoms with van der Waals surface area (Å²) in [5, 5.41) is 2.35. The van der Waals surface area contributed by atoms with E-state index in [2.05, 4.69) is 10.1 Å². The Hall–Kier alpha value is -1.98. The van der Waals surface area contributed by atoms with Gasteiger partial charge in [-0.1, -0.05) is 6.07 Å². The van der Waals surface area contributed by atoms with Crippen molar-refractivity contribution < 1.29 is 23.1 Å². The lowest BCUT2D eigenvalue weighted by Gasteiger charge is -2.15. The van der Waals surface area contributed by atoms with Crippen LogP contribution in [-0.4, -0.2) is 25.0 Å².